The van der Waals surface area contributed by atoms with Crippen LogP contribution in [0.1, 0.15) is 42.7 Å². The number of hydrogen-bond donors (Lipinski definition) is 2. The molecule has 3 atom stereocenters. The van der Waals surface area contributed by atoms with Gasteiger partial charge in [-0.15, -0.1) is 0 Å². The van der Waals surface area contributed by atoms with E-state index in [2.05, 4.69) is 14.9 Å². The Balaban J connectivity index is 1.82. The normalized spacial score (nSPS) is 17.1. The Labute approximate surface area is 177 Å². The van der Waals surface area contributed by atoms with E-state index in [1.54, 1.807) is 24.5 Å². The van der Waals surface area contributed by atoms with Gasteiger partial charge in [-0.05, 0) is 68.5 Å². The van der Waals surface area contributed by atoms with Crippen LogP contribution in [0.4, 0.5) is 0 Å². The van der Waals surface area contributed by atoms with Crippen LogP contribution in [-0.4, -0.2) is 46.0 Å². The van der Waals surface area contributed by atoms with Gasteiger partial charge in [-0.2, -0.15) is 0 Å². The van der Waals surface area contributed by atoms with Crippen molar-refractivity contribution < 1.29 is 9.90 Å². The van der Waals surface area contributed by atoms with Crippen molar-refractivity contribution in [2.75, 3.05) is 14.1 Å². The highest BCUT2D eigenvalue weighted by atomic mass is 35.5. The number of nitrogens with two attached hydrogens (primary N) is 1. The minimum Gasteiger partial charge on any atom is -0.506 e. The van der Waals surface area contributed by atoms with Crippen LogP contribution in [0.3, 0.4) is 0 Å². The molecule has 1 heterocycles. The number of amides is 1. The topological polar surface area (TPSA) is 92.3 Å². The third kappa shape index (κ3) is 5.90. The summed E-state index contributed by atoms with van der Waals surface area (Å²) in [5, 5.41) is 10.0. The molecule has 1 amide bonds. The van der Waals surface area contributed by atoms with Crippen molar-refractivity contribution in [3.05, 3.63) is 53.1 Å². The molecule has 1 aromatic carbocycles. The van der Waals surface area contributed by atoms with E-state index in [-0.39, 0.29) is 29.5 Å². The first-order valence-corrected chi connectivity index (χ1v) is 10.4. The van der Waals surface area contributed by atoms with Crippen molar-refractivity contribution in [2.45, 2.75) is 44.1 Å². The molecule has 1 aromatic heterocycles. The molecule has 2 unspecified atom stereocenters. The average molecular weight is 417 g/mol. The van der Waals surface area contributed by atoms with Crippen LogP contribution in [0.25, 0.3) is 0 Å². The molecule has 0 radical (unpaired) electrons. The van der Waals surface area contributed by atoms with Gasteiger partial charge in [0.2, 0.25) is 5.91 Å². The Morgan fingerprint density at radius 3 is 2.55 bits per heavy atom. The number of benzene rings is 1. The lowest BCUT2D eigenvalue weighted by molar-refractivity contribution is -0.123. The number of primary amides is 1. The van der Waals surface area contributed by atoms with Crippen molar-refractivity contribution in [1.82, 2.24) is 14.9 Å². The lowest BCUT2D eigenvalue weighted by Gasteiger charge is -2.32. The summed E-state index contributed by atoms with van der Waals surface area (Å²) in [6, 6.07) is 5.34. The fourth-order valence-corrected chi connectivity index (χ4v) is 4.15. The highest BCUT2D eigenvalue weighted by molar-refractivity contribution is 6.32. The van der Waals surface area contributed by atoms with E-state index in [9.17, 15) is 9.90 Å². The van der Waals surface area contributed by atoms with Crippen LogP contribution in [0.2, 0.25) is 5.02 Å². The Morgan fingerprint density at radius 2 is 2.00 bits per heavy atom. The second-order valence-corrected chi connectivity index (χ2v) is 8.72. The third-order valence-corrected chi connectivity index (χ3v) is 6.19. The highest BCUT2D eigenvalue weighted by Gasteiger charge is 2.36. The first-order valence-electron chi connectivity index (χ1n) is 10.0. The summed E-state index contributed by atoms with van der Waals surface area (Å²) in [5.41, 5.74) is 7.90. The van der Waals surface area contributed by atoms with Crippen LogP contribution in [0, 0.1) is 11.8 Å². The van der Waals surface area contributed by atoms with Crippen LogP contribution >= 0.6 is 11.6 Å². The summed E-state index contributed by atoms with van der Waals surface area (Å²) in [7, 11) is 4.01. The second kappa shape index (κ2) is 9.55. The molecule has 7 heteroatoms. The number of hydrogen-bond acceptors (Lipinski definition) is 5. The van der Waals surface area contributed by atoms with E-state index < -0.39 is 0 Å². The standard InChI is InChI=1S/C22H29ClN4O2/c1-27(2)17(7-15-5-6-21(28)20(23)9-15)10-19(22(24)29)18(8-14-3-4-14)16-11-25-13-26-12-16/h5-6,9,11-14,17-19,28H,3-4,7-8,10H2,1-2H3,(H2,24,29)/t17-,18?,19?/m1/s1. The quantitative estimate of drug-likeness (QED) is 0.619. The maximum atomic E-state index is 12.5. The lowest BCUT2D eigenvalue weighted by Crippen LogP contribution is -2.38. The zero-order valence-corrected chi connectivity index (χ0v) is 17.7. The SMILES string of the molecule is CN(C)[C@H](Cc1ccc(O)c(Cl)c1)CC(C(N)=O)C(CC1CC1)c1cncnc1. The molecule has 0 saturated heterocycles. The molecule has 0 aliphatic heterocycles. The number of carbonyl (C=O) groups excluding carboxylic acids is 1. The van der Waals surface area contributed by atoms with Gasteiger partial charge in [0.1, 0.15) is 12.1 Å². The van der Waals surface area contributed by atoms with E-state index in [0.29, 0.717) is 23.8 Å². The number of phenols is 1. The molecule has 0 spiro atoms. The predicted molar refractivity (Wildman–Crippen MR) is 114 cm³/mol. The third-order valence-electron chi connectivity index (χ3n) is 5.88. The number of likely N-dealkylation sites (N-methyl/N-ethyl adjacent to an activating group) is 1. The molecule has 3 rings (SSSR count). The Morgan fingerprint density at radius 1 is 1.31 bits per heavy atom. The molecule has 2 aromatic rings. The number of nitrogens with zero attached hydrogens (tertiary/aromatic N) is 3. The van der Waals surface area contributed by atoms with Crippen molar-refractivity contribution in [1.29, 1.82) is 0 Å². The lowest BCUT2D eigenvalue weighted by atomic mass is 9.78. The van der Waals surface area contributed by atoms with Crippen molar-refractivity contribution in [2.24, 2.45) is 17.6 Å². The summed E-state index contributed by atoms with van der Waals surface area (Å²) in [6.07, 6.45) is 9.81. The van der Waals surface area contributed by atoms with E-state index in [4.69, 9.17) is 17.3 Å². The van der Waals surface area contributed by atoms with E-state index in [1.165, 1.54) is 19.2 Å². The van der Waals surface area contributed by atoms with E-state index >= 15 is 0 Å². The number of carbonyl (C=O) groups is 1. The maximum Gasteiger partial charge on any atom is 0.221 e. The first-order chi connectivity index (χ1) is 13.8. The minimum absolute atomic E-state index is 0.0204. The number of rotatable bonds is 10. The zero-order valence-electron chi connectivity index (χ0n) is 17.0. The molecule has 0 bridgehead atoms. The van der Waals surface area contributed by atoms with Crippen LogP contribution in [0.5, 0.6) is 5.75 Å². The molecule has 156 valence electrons. The summed E-state index contributed by atoms with van der Waals surface area (Å²) in [6.45, 7) is 0. The van der Waals surface area contributed by atoms with Gasteiger partial charge in [0.15, 0.2) is 0 Å². The van der Waals surface area contributed by atoms with E-state index in [0.717, 1.165) is 17.5 Å². The first kappa shape index (κ1) is 21.5. The van der Waals surface area contributed by atoms with Crippen LogP contribution < -0.4 is 5.73 Å². The molecule has 1 saturated carbocycles. The van der Waals surface area contributed by atoms with Gasteiger partial charge in [-0.3, -0.25) is 4.79 Å². The fourth-order valence-electron chi connectivity index (χ4n) is 3.95. The van der Waals surface area contributed by atoms with Gasteiger partial charge >= 0.3 is 0 Å². The van der Waals surface area contributed by atoms with Gasteiger partial charge in [-0.1, -0.05) is 30.5 Å². The molecular weight excluding hydrogens is 388 g/mol. The Kier molecular flexibility index (Phi) is 7.09. The zero-order chi connectivity index (χ0) is 21.0. The Hall–Kier alpha value is -2.18. The number of halogens is 1. The van der Waals surface area contributed by atoms with Gasteiger partial charge in [-0.25, -0.2) is 9.97 Å². The summed E-state index contributed by atoms with van der Waals surface area (Å²) >= 11 is 6.08. The van der Waals surface area contributed by atoms with Crippen LogP contribution in [-0.2, 0) is 11.2 Å². The summed E-state index contributed by atoms with van der Waals surface area (Å²) < 4.78 is 0. The highest BCUT2D eigenvalue weighted by Crippen LogP contribution is 2.43. The molecule has 3 N–H and O–H groups in total. The number of phenolic OH excluding ortho intramolecular Hbond substituents is 1. The Bertz CT molecular complexity index is 827. The second-order valence-electron chi connectivity index (χ2n) is 8.31. The van der Waals surface area contributed by atoms with Gasteiger partial charge in [0.25, 0.3) is 0 Å². The van der Waals surface area contributed by atoms with Gasteiger partial charge in [0, 0.05) is 24.4 Å². The van der Waals surface area contributed by atoms with Crippen LogP contribution in [0.15, 0.2) is 36.9 Å². The summed E-state index contributed by atoms with van der Waals surface area (Å²) in [4.78, 5) is 23.0. The predicted octanol–water partition coefficient (Wildman–Crippen LogP) is 3.38. The van der Waals surface area contributed by atoms with Crippen molar-refractivity contribution >= 4 is 17.5 Å². The maximum absolute atomic E-state index is 12.5. The molecule has 1 aliphatic rings. The van der Waals surface area contributed by atoms with Crippen molar-refractivity contribution in [3.63, 3.8) is 0 Å². The molecule has 1 aliphatic carbocycles. The largest absolute Gasteiger partial charge is 0.506 e. The van der Waals surface area contributed by atoms with Gasteiger partial charge < -0.3 is 15.7 Å². The minimum atomic E-state index is -0.304. The van der Waals surface area contributed by atoms with E-state index in [1.807, 2.05) is 20.2 Å². The summed E-state index contributed by atoms with van der Waals surface area (Å²) in [5.74, 6) is 0.153. The molecule has 29 heavy (non-hydrogen) atoms. The van der Waals surface area contributed by atoms with Gasteiger partial charge in [0.05, 0.1) is 5.02 Å². The number of aromatic nitrogens is 2. The molecule has 6 nitrogen and oxygen atoms in total. The monoisotopic (exact) mass is 416 g/mol. The smallest absolute Gasteiger partial charge is 0.221 e. The fraction of sp³-hybridized carbons (Fsp3) is 0.500. The average Bonchev–Trinajstić information content (AvgIpc) is 3.51. The molecule has 1 fully saturated rings. The molecular formula is C22H29ClN4O2. The number of aromatic hydroxyl groups is 1. The van der Waals surface area contributed by atoms with Crippen molar-refractivity contribution in [3.8, 4) is 5.75 Å².